The number of nitrogens with one attached hydrogen (secondary N) is 4. The van der Waals surface area contributed by atoms with Crippen LogP contribution in [-0.4, -0.2) is 58.6 Å². The third kappa shape index (κ3) is 8.81. The minimum atomic E-state index is -4.44. The second-order valence-electron chi connectivity index (χ2n) is 12.3. The number of aromatic nitrogens is 2. The monoisotopic (exact) mass is 728 g/mol. The Balaban J connectivity index is 1.60. The van der Waals surface area contributed by atoms with Crippen LogP contribution >= 0.6 is 30.9 Å². The molecule has 3 aromatic carbocycles. The van der Waals surface area contributed by atoms with E-state index in [2.05, 4.69) is 26.1 Å². The third-order valence-corrected chi connectivity index (χ3v) is 10.3. The second-order valence-corrected chi connectivity index (χ2v) is 15.0. The number of nitrogens with zero attached hydrogens (tertiary/aromatic N) is 2. The maximum atomic E-state index is 15.1. The number of hydrogen-bond acceptors (Lipinski definition) is 8. The standard InChI is InChI=1S/C34H39Cl2N6O6P/c1-20(2)30(34(45)47-21(3)4)41-49(46,48-25-13-12-22-8-5-6-9-23(22)18-25)42-19-28(39-32(43)29-26(35)10-7-11-27(29)36)31(40-42)33(44)38-24-14-16-37-17-15-24/h5-13,18-21,24,30,37H,14-17H2,1-4H3,(H,38,44)(H,39,43)(H,41,46)/t30-,49?/m0/s1. The minimum Gasteiger partial charge on any atom is -0.462 e. The van der Waals surface area contributed by atoms with Gasteiger partial charge in [0.25, 0.3) is 11.8 Å². The molecule has 0 radical (unpaired) electrons. The summed E-state index contributed by atoms with van der Waals surface area (Å²) < 4.78 is 27.8. The molecular formula is C34H39Cl2N6O6P. The van der Waals surface area contributed by atoms with Crippen molar-refractivity contribution in [2.75, 3.05) is 18.4 Å². The summed E-state index contributed by atoms with van der Waals surface area (Å²) in [6.45, 7) is 8.38. The van der Waals surface area contributed by atoms with Gasteiger partial charge in [0, 0.05) is 6.04 Å². The number of piperidine rings is 1. The number of carbonyl (C=O) groups is 3. The number of ether oxygens (including phenoxy) is 1. The van der Waals surface area contributed by atoms with Gasteiger partial charge in [-0.05, 0) is 80.7 Å². The first-order valence-corrected chi connectivity index (χ1v) is 18.3. The van der Waals surface area contributed by atoms with Crippen LogP contribution in [0.15, 0.2) is 66.9 Å². The quantitative estimate of drug-likeness (QED) is 0.0925. The number of esters is 1. The molecule has 1 saturated heterocycles. The van der Waals surface area contributed by atoms with Crippen LogP contribution in [-0.2, 0) is 14.1 Å². The van der Waals surface area contributed by atoms with E-state index in [1.54, 1.807) is 45.9 Å². The molecule has 0 spiro atoms. The van der Waals surface area contributed by atoms with Crippen molar-refractivity contribution in [3.63, 3.8) is 0 Å². The van der Waals surface area contributed by atoms with E-state index in [0.717, 1.165) is 28.3 Å². The zero-order valence-electron chi connectivity index (χ0n) is 27.5. The van der Waals surface area contributed by atoms with Crippen LogP contribution in [0.3, 0.4) is 0 Å². The molecular weight excluding hydrogens is 690 g/mol. The van der Waals surface area contributed by atoms with Crippen molar-refractivity contribution in [2.24, 2.45) is 5.92 Å². The predicted molar refractivity (Wildman–Crippen MR) is 191 cm³/mol. The van der Waals surface area contributed by atoms with Gasteiger partial charge in [0.1, 0.15) is 11.8 Å². The molecule has 49 heavy (non-hydrogen) atoms. The molecule has 4 N–H and O–H groups in total. The van der Waals surface area contributed by atoms with E-state index in [0.29, 0.717) is 12.8 Å². The molecule has 0 bridgehead atoms. The normalized spacial score (nSPS) is 15.5. The van der Waals surface area contributed by atoms with Crippen LogP contribution in [0, 0.1) is 5.92 Å². The SMILES string of the molecule is CC(C)OC(=O)[C@@H](NP(=O)(Oc1ccc2ccccc2c1)n1cc(NC(=O)c2c(Cl)cccc2Cl)c(C(=O)NC2CCNCC2)n1)C(C)C. The lowest BCUT2D eigenvalue weighted by atomic mass is 10.1. The van der Waals surface area contributed by atoms with Crippen molar-refractivity contribution >= 4 is 65.1 Å². The molecule has 2 atom stereocenters. The summed E-state index contributed by atoms with van der Waals surface area (Å²) in [5, 5.41) is 18.1. The molecule has 1 aromatic heterocycles. The van der Waals surface area contributed by atoms with E-state index in [9.17, 15) is 14.4 Å². The smallest absolute Gasteiger partial charge is 0.440 e. The lowest BCUT2D eigenvalue weighted by Crippen LogP contribution is -2.43. The average molecular weight is 730 g/mol. The second kappa shape index (κ2) is 15.7. The Bertz CT molecular complexity index is 1870. The molecule has 0 saturated carbocycles. The Hall–Kier alpha value is -3.93. The first kappa shape index (κ1) is 36.4. The maximum absolute atomic E-state index is 15.1. The fraction of sp³-hybridized carbons (Fsp3) is 0.353. The molecule has 1 aliphatic heterocycles. The highest BCUT2D eigenvalue weighted by Gasteiger charge is 2.39. The number of amides is 2. The summed E-state index contributed by atoms with van der Waals surface area (Å²) in [5.74, 6) is -2.17. The van der Waals surface area contributed by atoms with Crippen molar-refractivity contribution in [2.45, 2.75) is 58.7 Å². The average Bonchev–Trinajstić information content (AvgIpc) is 3.48. The van der Waals surface area contributed by atoms with Crippen LogP contribution in [0.5, 0.6) is 5.75 Å². The van der Waals surface area contributed by atoms with Gasteiger partial charge in [0.15, 0.2) is 5.69 Å². The van der Waals surface area contributed by atoms with Gasteiger partial charge in [0.2, 0.25) is 0 Å². The largest absolute Gasteiger partial charge is 0.462 e. The van der Waals surface area contributed by atoms with Crippen molar-refractivity contribution in [1.29, 1.82) is 0 Å². The molecule has 260 valence electrons. The van der Waals surface area contributed by atoms with Crippen LogP contribution in [0.4, 0.5) is 5.69 Å². The molecule has 1 fully saturated rings. The van der Waals surface area contributed by atoms with Crippen LogP contribution < -0.4 is 25.6 Å². The van der Waals surface area contributed by atoms with Gasteiger partial charge in [-0.2, -0.15) is 9.55 Å². The van der Waals surface area contributed by atoms with E-state index in [-0.39, 0.29) is 38.8 Å². The number of halogens is 2. The number of rotatable bonds is 12. The van der Waals surface area contributed by atoms with E-state index in [1.807, 2.05) is 30.3 Å². The van der Waals surface area contributed by atoms with E-state index < -0.39 is 43.5 Å². The molecule has 0 aliphatic carbocycles. The van der Waals surface area contributed by atoms with Crippen molar-refractivity contribution in [1.82, 2.24) is 25.3 Å². The zero-order chi connectivity index (χ0) is 35.3. The van der Waals surface area contributed by atoms with Crippen molar-refractivity contribution < 1.29 is 28.2 Å². The number of hydrogen-bond donors (Lipinski definition) is 4. The molecule has 5 rings (SSSR count). The van der Waals surface area contributed by atoms with Gasteiger partial charge < -0.3 is 25.2 Å². The molecule has 15 heteroatoms. The molecule has 1 aliphatic rings. The Morgan fingerprint density at radius 3 is 2.27 bits per heavy atom. The fourth-order valence-electron chi connectivity index (χ4n) is 5.33. The first-order valence-electron chi connectivity index (χ1n) is 16.0. The molecule has 4 aromatic rings. The first-order chi connectivity index (χ1) is 23.3. The summed E-state index contributed by atoms with van der Waals surface area (Å²) >= 11 is 12.6. The van der Waals surface area contributed by atoms with E-state index in [4.69, 9.17) is 32.5 Å². The van der Waals surface area contributed by atoms with Crippen LogP contribution in [0.1, 0.15) is 61.4 Å². The number of carbonyl (C=O) groups excluding carboxylic acids is 3. The van der Waals surface area contributed by atoms with Gasteiger partial charge >= 0.3 is 13.6 Å². The van der Waals surface area contributed by atoms with Crippen LogP contribution in [0.25, 0.3) is 10.8 Å². The van der Waals surface area contributed by atoms with E-state index in [1.165, 1.54) is 18.3 Å². The molecule has 1 unspecified atom stereocenters. The Labute approximate surface area is 294 Å². The summed E-state index contributed by atoms with van der Waals surface area (Å²) in [6, 6.07) is 16.1. The summed E-state index contributed by atoms with van der Waals surface area (Å²) in [7, 11) is -4.44. The topological polar surface area (TPSA) is 153 Å². The Morgan fingerprint density at radius 2 is 1.61 bits per heavy atom. The maximum Gasteiger partial charge on any atom is 0.440 e. The van der Waals surface area contributed by atoms with Gasteiger partial charge in [-0.25, -0.2) is 9.65 Å². The molecule has 2 heterocycles. The number of anilines is 1. The lowest BCUT2D eigenvalue weighted by Gasteiger charge is -2.27. The Kier molecular flexibility index (Phi) is 11.7. The van der Waals surface area contributed by atoms with Gasteiger partial charge in [-0.1, -0.05) is 73.4 Å². The van der Waals surface area contributed by atoms with Crippen molar-refractivity contribution in [3.05, 3.63) is 88.2 Å². The Morgan fingerprint density at radius 1 is 0.939 bits per heavy atom. The highest BCUT2D eigenvalue weighted by Crippen LogP contribution is 2.47. The summed E-state index contributed by atoms with van der Waals surface area (Å²) in [5.41, 5.74) is -0.333. The fourth-order valence-corrected chi connectivity index (χ4v) is 7.78. The predicted octanol–water partition coefficient (Wildman–Crippen LogP) is 6.68. The highest BCUT2D eigenvalue weighted by molar-refractivity contribution is 7.55. The zero-order valence-corrected chi connectivity index (χ0v) is 29.9. The van der Waals surface area contributed by atoms with E-state index >= 15 is 4.57 Å². The third-order valence-electron chi connectivity index (χ3n) is 7.82. The molecule has 2 amide bonds. The lowest BCUT2D eigenvalue weighted by molar-refractivity contribution is -0.150. The van der Waals surface area contributed by atoms with Gasteiger partial charge in [-0.3, -0.25) is 14.4 Å². The minimum absolute atomic E-state index is 0.0201. The van der Waals surface area contributed by atoms with Gasteiger partial charge in [-0.15, -0.1) is 0 Å². The summed E-state index contributed by atoms with van der Waals surface area (Å²) in [6.07, 6.45) is 2.15. The number of fused-ring (bicyclic) bond motifs is 1. The highest BCUT2D eigenvalue weighted by atomic mass is 35.5. The van der Waals surface area contributed by atoms with Crippen LogP contribution in [0.2, 0.25) is 10.0 Å². The number of benzene rings is 3. The van der Waals surface area contributed by atoms with Gasteiger partial charge in [0.05, 0.1) is 33.6 Å². The summed E-state index contributed by atoms with van der Waals surface area (Å²) in [4.78, 5) is 40.5. The van der Waals surface area contributed by atoms with Crippen molar-refractivity contribution in [3.8, 4) is 5.75 Å². The molecule has 12 nitrogen and oxygen atoms in total.